The number of carbonyl (C=O) groups is 2. The van der Waals surface area contributed by atoms with E-state index in [1.165, 1.54) is 6.33 Å². The van der Waals surface area contributed by atoms with Crippen molar-refractivity contribution in [3.05, 3.63) is 71.8 Å². The maximum Gasteiger partial charge on any atom is 0.276 e. The lowest BCUT2D eigenvalue weighted by Gasteiger charge is -2.11. The normalized spacial score (nSPS) is 10.3. The van der Waals surface area contributed by atoms with Crippen molar-refractivity contribution in [1.29, 1.82) is 0 Å². The average Bonchev–Trinajstić information content (AvgIpc) is 3.21. The molecular formula is C19H19N5O3. The van der Waals surface area contributed by atoms with Crippen molar-refractivity contribution < 1.29 is 14.3 Å². The van der Waals surface area contributed by atoms with E-state index in [9.17, 15) is 9.59 Å². The summed E-state index contributed by atoms with van der Waals surface area (Å²) in [5.74, 6) is -0.246. The molecule has 0 saturated heterocycles. The number of rotatable bonds is 5. The number of carbonyl (C=O) groups excluding carboxylic acids is 2. The van der Waals surface area contributed by atoms with Crippen LogP contribution in [0.5, 0.6) is 5.75 Å². The van der Waals surface area contributed by atoms with Gasteiger partial charge in [0.2, 0.25) is 0 Å². The highest BCUT2D eigenvalue weighted by Gasteiger charge is 2.09. The maximum absolute atomic E-state index is 12.1. The molecule has 0 unspecified atom stereocenters. The van der Waals surface area contributed by atoms with Crippen molar-refractivity contribution in [2.75, 3.05) is 6.61 Å². The molecule has 27 heavy (non-hydrogen) atoms. The molecular weight excluding hydrogens is 346 g/mol. The fourth-order valence-electron chi connectivity index (χ4n) is 2.35. The first-order chi connectivity index (χ1) is 13.0. The lowest BCUT2D eigenvalue weighted by Crippen LogP contribution is -2.43. The van der Waals surface area contributed by atoms with Gasteiger partial charge in [-0.25, -0.2) is 9.67 Å². The number of nitrogens with zero attached hydrogens (tertiary/aromatic N) is 3. The highest BCUT2D eigenvalue weighted by Crippen LogP contribution is 2.18. The molecule has 0 aliphatic carbocycles. The van der Waals surface area contributed by atoms with Crippen molar-refractivity contribution in [2.45, 2.75) is 13.8 Å². The second-order valence-electron chi connectivity index (χ2n) is 5.95. The van der Waals surface area contributed by atoms with E-state index in [0.29, 0.717) is 11.3 Å². The third-order valence-electron chi connectivity index (χ3n) is 3.83. The number of amides is 2. The predicted molar refractivity (Wildman–Crippen MR) is 98.4 cm³/mol. The van der Waals surface area contributed by atoms with Gasteiger partial charge in [-0.05, 0) is 55.3 Å². The summed E-state index contributed by atoms with van der Waals surface area (Å²) in [5, 5.41) is 4.01. The van der Waals surface area contributed by atoms with Gasteiger partial charge in [0.25, 0.3) is 11.8 Å². The average molecular weight is 365 g/mol. The van der Waals surface area contributed by atoms with Crippen molar-refractivity contribution in [3.63, 3.8) is 0 Å². The number of hydrazine groups is 1. The summed E-state index contributed by atoms with van der Waals surface area (Å²) in [5.41, 5.74) is 7.84. The summed E-state index contributed by atoms with van der Waals surface area (Å²) in [6.07, 6.45) is 2.99. The van der Waals surface area contributed by atoms with Crippen LogP contribution >= 0.6 is 0 Å². The number of benzene rings is 2. The third kappa shape index (κ3) is 4.69. The zero-order valence-corrected chi connectivity index (χ0v) is 15.0. The maximum atomic E-state index is 12.1. The van der Waals surface area contributed by atoms with E-state index >= 15 is 0 Å². The number of aromatic nitrogens is 3. The molecule has 0 aliphatic rings. The molecule has 2 aromatic carbocycles. The Morgan fingerprint density at radius 1 is 1.07 bits per heavy atom. The molecule has 0 radical (unpaired) electrons. The van der Waals surface area contributed by atoms with E-state index in [0.717, 1.165) is 16.8 Å². The topological polar surface area (TPSA) is 98.1 Å². The second kappa shape index (κ2) is 8.13. The van der Waals surface area contributed by atoms with E-state index in [1.807, 2.05) is 32.0 Å². The van der Waals surface area contributed by atoms with Gasteiger partial charge in [0, 0.05) is 5.56 Å². The van der Waals surface area contributed by atoms with Gasteiger partial charge in [-0.15, -0.1) is 0 Å². The van der Waals surface area contributed by atoms with Gasteiger partial charge in [0.05, 0.1) is 5.69 Å². The molecule has 2 amide bonds. The Morgan fingerprint density at radius 3 is 2.56 bits per heavy atom. The molecule has 0 aliphatic heterocycles. The number of ether oxygens (including phenoxy) is 1. The van der Waals surface area contributed by atoms with Crippen LogP contribution in [0.4, 0.5) is 0 Å². The summed E-state index contributed by atoms with van der Waals surface area (Å²) in [7, 11) is 0. The quantitative estimate of drug-likeness (QED) is 0.671. The molecule has 0 saturated carbocycles. The minimum absolute atomic E-state index is 0.199. The lowest BCUT2D eigenvalue weighted by molar-refractivity contribution is -0.123. The van der Waals surface area contributed by atoms with Gasteiger partial charge in [-0.2, -0.15) is 5.10 Å². The van der Waals surface area contributed by atoms with Crippen molar-refractivity contribution in [1.82, 2.24) is 25.6 Å². The Hall–Kier alpha value is -3.68. The van der Waals surface area contributed by atoms with Crippen LogP contribution in [0, 0.1) is 13.8 Å². The molecule has 1 aromatic heterocycles. The van der Waals surface area contributed by atoms with Crippen LogP contribution in [0.3, 0.4) is 0 Å². The van der Waals surface area contributed by atoms with E-state index in [2.05, 4.69) is 20.9 Å². The summed E-state index contributed by atoms with van der Waals surface area (Å²) in [6.45, 7) is 3.65. The third-order valence-corrected chi connectivity index (χ3v) is 3.83. The minimum Gasteiger partial charge on any atom is -0.483 e. The van der Waals surface area contributed by atoms with Gasteiger partial charge in [-0.3, -0.25) is 20.4 Å². The Bertz CT molecular complexity index is 936. The zero-order valence-electron chi connectivity index (χ0n) is 15.0. The minimum atomic E-state index is -0.455. The van der Waals surface area contributed by atoms with E-state index < -0.39 is 11.8 Å². The first-order valence-corrected chi connectivity index (χ1v) is 8.27. The van der Waals surface area contributed by atoms with E-state index in [4.69, 9.17) is 4.74 Å². The van der Waals surface area contributed by atoms with Gasteiger partial charge in [0.15, 0.2) is 6.61 Å². The molecule has 2 N–H and O–H groups in total. The SMILES string of the molecule is Cc1ccc(C)c(OCC(=O)NNC(=O)c2ccc(-n3cncn3)cc2)c1. The molecule has 0 spiro atoms. The van der Waals surface area contributed by atoms with Gasteiger partial charge in [0.1, 0.15) is 18.4 Å². The Labute approximate surface area is 156 Å². The Balaban J connectivity index is 1.49. The highest BCUT2D eigenvalue weighted by molar-refractivity contribution is 5.95. The molecule has 8 nitrogen and oxygen atoms in total. The van der Waals surface area contributed by atoms with Crippen molar-refractivity contribution >= 4 is 11.8 Å². The van der Waals surface area contributed by atoms with E-state index in [-0.39, 0.29) is 6.61 Å². The summed E-state index contributed by atoms with van der Waals surface area (Å²) >= 11 is 0. The molecule has 3 aromatic rings. The second-order valence-corrected chi connectivity index (χ2v) is 5.95. The molecule has 0 bridgehead atoms. The lowest BCUT2D eigenvalue weighted by atomic mass is 10.1. The van der Waals surface area contributed by atoms with Crippen LogP contribution in [-0.4, -0.2) is 33.2 Å². The molecule has 8 heteroatoms. The Kier molecular flexibility index (Phi) is 5.46. The number of hydrogen-bond acceptors (Lipinski definition) is 5. The van der Waals surface area contributed by atoms with Crippen molar-refractivity contribution in [2.24, 2.45) is 0 Å². The van der Waals surface area contributed by atoms with Crippen LogP contribution in [0.1, 0.15) is 21.5 Å². The molecule has 3 rings (SSSR count). The van der Waals surface area contributed by atoms with Crippen LogP contribution in [0.2, 0.25) is 0 Å². The van der Waals surface area contributed by atoms with Crippen LogP contribution in [-0.2, 0) is 4.79 Å². The fraction of sp³-hybridized carbons (Fsp3) is 0.158. The monoisotopic (exact) mass is 365 g/mol. The van der Waals surface area contributed by atoms with E-state index in [1.54, 1.807) is 35.3 Å². The molecule has 138 valence electrons. The van der Waals surface area contributed by atoms with Crippen LogP contribution in [0.15, 0.2) is 55.1 Å². The Morgan fingerprint density at radius 2 is 1.85 bits per heavy atom. The number of aryl methyl sites for hydroxylation is 2. The summed E-state index contributed by atoms with van der Waals surface area (Å²) in [4.78, 5) is 27.9. The molecule has 0 fully saturated rings. The summed E-state index contributed by atoms with van der Waals surface area (Å²) < 4.78 is 7.07. The fourth-order valence-corrected chi connectivity index (χ4v) is 2.35. The van der Waals surface area contributed by atoms with Crippen LogP contribution < -0.4 is 15.6 Å². The molecule has 0 atom stereocenters. The predicted octanol–water partition coefficient (Wildman–Crippen LogP) is 1.72. The van der Waals surface area contributed by atoms with Crippen molar-refractivity contribution in [3.8, 4) is 11.4 Å². The highest BCUT2D eigenvalue weighted by atomic mass is 16.5. The standard InChI is InChI=1S/C19H19N5O3/c1-13-3-4-14(2)17(9-13)27-10-18(25)22-23-19(26)15-5-7-16(8-6-15)24-12-20-11-21-24/h3-9,11-12H,10H2,1-2H3,(H,22,25)(H,23,26). The van der Waals surface area contributed by atoms with Gasteiger partial charge in [-0.1, -0.05) is 12.1 Å². The largest absolute Gasteiger partial charge is 0.483 e. The number of hydrogen-bond donors (Lipinski definition) is 2. The first-order valence-electron chi connectivity index (χ1n) is 8.27. The van der Waals surface area contributed by atoms with Gasteiger partial charge >= 0.3 is 0 Å². The van der Waals surface area contributed by atoms with Gasteiger partial charge < -0.3 is 4.74 Å². The van der Waals surface area contributed by atoms with Crippen LogP contribution in [0.25, 0.3) is 5.69 Å². The first kappa shape index (κ1) is 18.1. The number of nitrogens with one attached hydrogen (secondary N) is 2. The summed E-state index contributed by atoms with van der Waals surface area (Å²) in [6, 6.07) is 12.5. The molecule has 1 heterocycles. The zero-order chi connectivity index (χ0) is 19.2. The smallest absolute Gasteiger partial charge is 0.276 e.